The number of nitrogens with one attached hydrogen (secondary N) is 1. The third-order valence-electron chi connectivity index (χ3n) is 3.94. The number of hydrogen-bond acceptors (Lipinski definition) is 3. The van der Waals surface area contributed by atoms with Crippen molar-refractivity contribution < 1.29 is 4.79 Å². The number of carbonyl (C=O) groups excluding carboxylic acids is 1. The largest absolute Gasteiger partial charge is 0.399 e. The molecule has 3 rings (SSSR count). The molecule has 0 unspecified atom stereocenters. The number of aldehydes is 1. The number of nitrogen functional groups attached to an aromatic ring is 1. The molecule has 0 atom stereocenters. The second-order valence-corrected chi connectivity index (χ2v) is 5.63. The van der Waals surface area contributed by atoms with Gasteiger partial charge < -0.3 is 15.5 Å². The molecule has 0 aliphatic carbocycles. The molecule has 112 valence electrons. The Morgan fingerprint density at radius 2 is 2.09 bits per heavy atom. The highest BCUT2D eigenvalue weighted by molar-refractivity contribution is 5.78. The van der Waals surface area contributed by atoms with E-state index < -0.39 is 0 Å². The molecule has 0 fully saturated rings. The first-order chi connectivity index (χ1) is 10.7. The number of nitrogens with two attached hydrogens (primary N) is 1. The zero-order valence-corrected chi connectivity index (χ0v) is 12.6. The van der Waals surface area contributed by atoms with E-state index in [1.165, 1.54) is 16.7 Å². The van der Waals surface area contributed by atoms with Gasteiger partial charge in [-0.05, 0) is 60.7 Å². The first-order valence-corrected chi connectivity index (χ1v) is 7.41. The summed E-state index contributed by atoms with van der Waals surface area (Å²) in [5, 5.41) is 1.05. The van der Waals surface area contributed by atoms with Crippen LogP contribution in [0.25, 0.3) is 11.0 Å². The van der Waals surface area contributed by atoms with Gasteiger partial charge in [0.05, 0.1) is 0 Å². The Hall–Kier alpha value is -2.62. The number of aryl methyl sites for hydroxylation is 3. The monoisotopic (exact) mass is 293 g/mol. The summed E-state index contributed by atoms with van der Waals surface area (Å²) < 4.78 is 0. The fourth-order valence-corrected chi connectivity index (χ4v) is 2.69. The SMILES string of the molecule is Cc1ccc(N)cc1CCc1cnc2[nH]c(CC=O)cc2c1. The van der Waals surface area contributed by atoms with Crippen LogP contribution in [0, 0.1) is 6.92 Å². The first kappa shape index (κ1) is 14.3. The number of hydrogen-bond donors (Lipinski definition) is 2. The van der Waals surface area contributed by atoms with Gasteiger partial charge in [0.15, 0.2) is 0 Å². The lowest BCUT2D eigenvalue weighted by molar-refractivity contribution is -0.107. The van der Waals surface area contributed by atoms with Crippen molar-refractivity contribution in [1.82, 2.24) is 9.97 Å². The number of pyridine rings is 1. The Labute approximate surface area is 129 Å². The van der Waals surface area contributed by atoms with E-state index in [1.807, 2.05) is 24.4 Å². The lowest BCUT2D eigenvalue weighted by atomic mass is 10.0. The van der Waals surface area contributed by atoms with E-state index in [1.54, 1.807) is 0 Å². The number of aromatic amines is 1. The molecule has 2 heterocycles. The van der Waals surface area contributed by atoms with Crippen LogP contribution in [0.4, 0.5) is 5.69 Å². The van der Waals surface area contributed by atoms with Gasteiger partial charge in [0.25, 0.3) is 0 Å². The van der Waals surface area contributed by atoms with Crippen molar-refractivity contribution in [2.75, 3.05) is 5.73 Å². The Bertz CT molecular complexity index is 820. The van der Waals surface area contributed by atoms with Crippen LogP contribution in [0.3, 0.4) is 0 Å². The molecule has 0 aliphatic rings. The number of nitrogens with zero attached hydrogens (tertiary/aromatic N) is 1. The minimum absolute atomic E-state index is 0.397. The summed E-state index contributed by atoms with van der Waals surface area (Å²) in [6.45, 7) is 2.11. The van der Waals surface area contributed by atoms with E-state index in [0.717, 1.165) is 41.5 Å². The number of H-pyrrole nitrogens is 1. The van der Waals surface area contributed by atoms with Crippen molar-refractivity contribution in [3.05, 3.63) is 58.9 Å². The van der Waals surface area contributed by atoms with Crippen molar-refractivity contribution >= 4 is 23.0 Å². The maximum absolute atomic E-state index is 10.6. The summed E-state index contributed by atoms with van der Waals surface area (Å²) in [5.74, 6) is 0. The standard InChI is InChI=1S/C18H19N3O/c1-12-2-5-16(19)9-14(12)4-3-13-8-15-10-17(6-7-22)21-18(15)20-11-13/h2,5,7-11H,3-4,6,19H2,1H3,(H,20,21). The second-order valence-electron chi connectivity index (χ2n) is 5.63. The molecule has 0 radical (unpaired) electrons. The molecular formula is C18H19N3O. The molecule has 0 saturated heterocycles. The van der Waals surface area contributed by atoms with Crippen LogP contribution in [0.5, 0.6) is 0 Å². The smallest absolute Gasteiger partial charge is 0.137 e. The highest BCUT2D eigenvalue weighted by Gasteiger charge is 2.05. The van der Waals surface area contributed by atoms with Crippen LogP contribution in [-0.4, -0.2) is 16.3 Å². The molecule has 4 heteroatoms. The van der Waals surface area contributed by atoms with Crippen LogP contribution >= 0.6 is 0 Å². The maximum Gasteiger partial charge on any atom is 0.137 e. The molecular weight excluding hydrogens is 274 g/mol. The third kappa shape index (κ3) is 3.01. The number of anilines is 1. The molecule has 1 aromatic carbocycles. The Morgan fingerprint density at radius 1 is 1.23 bits per heavy atom. The maximum atomic E-state index is 10.6. The predicted molar refractivity (Wildman–Crippen MR) is 88.9 cm³/mol. The number of rotatable bonds is 5. The van der Waals surface area contributed by atoms with Crippen LogP contribution in [0.15, 0.2) is 36.5 Å². The predicted octanol–water partition coefficient (Wildman–Crippen LogP) is 2.98. The van der Waals surface area contributed by atoms with Gasteiger partial charge in [0.2, 0.25) is 0 Å². The molecule has 0 amide bonds. The second kappa shape index (κ2) is 6.02. The fraction of sp³-hybridized carbons (Fsp3) is 0.222. The van der Waals surface area contributed by atoms with E-state index in [2.05, 4.69) is 29.0 Å². The van der Waals surface area contributed by atoms with Crippen molar-refractivity contribution in [3.63, 3.8) is 0 Å². The lowest BCUT2D eigenvalue weighted by Gasteiger charge is -2.07. The van der Waals surface area contributed by atoms with Crippen molar-refractivity contribution in [1.29, 1.82) is 0 Å². The van der Waals surface area contributed by atoms with Crippen molar-refractivity contribution in [2.24, 2.45) is 0 Å². The highest BCUT2D eigenvalue weighted by atomic mass is 16.1. The molecule has 0 saturated carbocycles. The van der Waals surface area contributed by atoms with E-state index in [0.29, 0.717) is 6.42 Å². The quantitative estimate of drug-likeness (QED) is 0.561. The van der Waals surface area contributed by atoms with Crippen LogP contribution in [0.2, 0.25) is 0 Å². The number of carbonyl (C=O) groups is 1. The summed E-state index contributed by atoms with van der Waals surface area (Å²) in [5.41, 5.74) is 12.1. The average molecular weight is 293 g/mol. The summed E-state index contributed by atoms with van der Waals surface area (Å²) >= 11 is 0. The molecule has 3 N–H and O–H groups in total. The van der Waals surface area contributed by atoms with Gasteiger partial charge >= 0.3 is 0 Å². The van der Waals surface area contributed by atoms with Gasteiger partial charge in [-0.3, -0.25) is 0 Å². The molecule has 2 aromatic heterocycles. The first-order valence-electron chi connectivity index (χ1n) is 7.41. The zero-order chi connectivity index (χ0) is 15.5. The highest BCUT2D eigenvalue weighted by Crippen LogP contribution is 2.18. The van der Waals surface area contributed by atoms with Crippen LogP contribution in [-0.2, 0) is 24.1 Å². The normalized spacial score (nSPS) is 11.0. The molecule has 22 heavy (non-hydrogen) atoms. The zero-order valence-electron chi connectivity index (χ0n) is 12.6. The van der Waals surface area contributed by atoms with Crippen molar-refractivity contribution in [2.45, 2.75) is 26.2 Å². The van der Waals surface area contributed by atoms with Gasteiger partial charge in [0.1, 0.15) is 11.9 Å². The number of fused-ring (bicyclic) bond motifs is 1. The Morgan fingerprint density at radius 3 is 2.91 bits per heavy atom. The topological polar surface area (TPSA) is 71.8 Å². The third-order valence-corrected chi connectivity index (χ3v) is 3.94. The Balaban J connectivity index is 1.78. The molecule has 3 aromatic rings. The van der Waals surface area contributed by atoms with E-state index in [-0.39, 0.29) is 0 Å². The van der Waals surface area contributed by atoms with E-state index >= 15 is 0 Å². The van der Waals surface area contributed by atoms with Gasteiger partial charge in [-0.15, -0.1) is 0 Å². The van der Waals surface area contributed by atoms with Gasteiger partial charge in [-0.2, -0.15) is 0 Å². The van der Waals surface area contributed by atoms with Gasteiger partial charge in [-0.25, -0.2) is 4.98 Å². The summed E-state index contributed by atoms with van der Waals surface area (Å²) in [6.07, 6.45) is 5.05. The molecule has 0 aliphatic heterocycles. The van der Waals surface area contributed by atoms with Gasteiger partial charge in [-0.1, -0.05) is 6.07 Å². The number of aromatic nitrogens is 2. The summed E-state index contributed by atoms with van der Waals surface area (Å²) in [4.78, 5) is 18.2. The van der Waals surface area contributed by atoms with Crippen LogP contribution < -0.4 is 5.73 Å². The lowest BCUT2D eigenvalue weighted by Crippen LogP contribution is -1.97. The molecule has 4 nitrogen and oxygen atoms in total. The minimum atomic E-state index is 0.397. The van der Waals surface area contributed by atoms with E-state index in [4.69, 9.17) is 5.73 Å². The summed E-state index contributed by atoms with van der Waals surface area (Å²) in [7, 11) is 0. The molecule has 0 bridgehead atoms. The number of benzene rings is 1. The fourth-order valence-electron chi connectivity index (χ4n) is 2.69. The van der Waals surface area contributed by atoms with Crippen LogP contribution in [0.1, 0.15) is 22.4 Å². The molecule has 0 spiro atoms. The van der Waals surface area contributed by atoms with Gasteiger partial charge in [0, 0.05) is 29.4 Å². The van der Waals surface area contributed by atoms with E-state index in [9.17, 15) is 4.79 Å². The summed E-state index contributed by atoms with van der Waals surface area (Å²) in [6, 6.07) is 10.2. The average Bonchev–Trinajstić information content (AvgIpc) is 2.90. The van der Waals surface area contributed by atoms with Crippen molar-refractivity contribution in [3.8, 4) is 0 Å². The Kier molecular flexibility index (Phi) is 3.92. The minimum Gasteiger partial charge on any atom is -0.399 e.